The van der Waals surface area contributed by atoms with Crippen LogP contribution < -0.4 is 0 Å². The molecule has 1 atom stereocenters. The molecule has 3 nitrogen and oxygen atoms in total. The highest BCUT2D eigenvalue weighted by atomic mass is 16.5. The van der Waals surface area contributed by atoms with E-state index in [-0.39, 0.29) is 6.10 Å². The van der Waals surface area contributed by atoms with Crippen LogP contribution in [0.1, 0.15) is 12.8 Å². The smallest absolute Gasteiger partial charge is 0.0792 e. The molecule has 1 aliphatic carbocycles. The van der Waals surface area contributed by atoms with Crippen LogP contribution in [-0.2, 0) is 14.2 Å². The van der Waals surface area contributed by atoms with Gasteiger partial charge in [0.1, 0.15) is 0 Å². The van der Waals surface area contributed by atoms with Crippen LogP contribution >= 0.6 is 0 Å². The fourth-order valence-corrected chi connectivity index (χ4v) is 1.50. The zero-order valence-electron chi connectivity index (χ0n) is 9.57. The lowest BCUT2D eigenvalue weighted by Gasteiger charge is -2.17. The predicted molar refractivity (Wildman–Crippen MR) is 59.9 cm³/mol. The largest absolute Gasteiger partial charge is 0.382 e. The van der Waals surface area contributed by atoms with Gasteiger partial charge in [0.05, 0.1) is 25.9 Å². The third-order valence-electron chi connectivity index (χ3n) is 2.42. The molecule has 0 radical (unpaired) electrons. The zero-order chi connectivity index (χ0) is 10.9. The summed E-state index contributed by atoms with van der Waals surface area (Å²) in [6.45, 7) is 2.10. The maximum Gasteiger partial charge on any atom is 0.0792 e. The van der Waals surface area contributed by atoms with Gasteiger partial charge in [0.25, 0.3) is 0 Å². The summed E-state index contributed by atoms with van der Waals surface area (Å²) in [5.41, 5.74) is 1.39. The summed E-state index contributed by atoms with van der Waals surface area (Å²) in [5, 5.41) is 0. The Labute approximate surface area is 91.7 Å². The molecule has 0 spiro atoms. The number of hydrogen-bond acceptors (Lipinski definition) is 3. The topological polar surface area (TPSA) is 27.7 Å². The summed E-state index contributed by atoms with van der Waals surface area (Å²) in [7, 11) is 3.42. The average Bonchev–Trinajstić information content (AvgIpc) is 2.29. The molecule has 86 valence electrons. The molecule has 0 aromatic rings. The second-order valence-electron chi connectivity index (χ2n) is 3.54. The Kier molecular flexibility index (Phi) is 6.32. The van der Waals surface area contributed by atoms with Crippen LogP contribution in [0.25, 0.3) is 0 Å². The van der Waals surface area contributed by atoms with E-state index in [2.05, 4.69) is 18.2 Å². The van der Waals surface area contributed by atoms with Crippen molar-refractivity contribution in [2.45, 2.75) is 18.9 Å². The van der Waals surface area contributed by atoms with Crippen LogP contribution in [0.3, 0.4) is 0 Å². The van der Waals surface area contributed by atoms with E-state index in [9.17, 15) is 0 Å². The predicted octanol–water partition coefficient (Wildman–Crippen LogP) is 1.94. The van der Waals surface area contributed by atoms with Crippen LogP contribution in [0.15, 0.2) is 23.8 Å². The Morgan fingerprint density at radius 3 is 2.87 bits per heavy atom. The summed E-state index contributed by atoms with van der Waals surface area (Å²) in [4.78, 5) is 0. The van der Waals surface area contributed by atoms with Gasteiger partial charge in [-0.3, -0.25) is 0 Å². The Balaban J connectivity index is 2.11. The molecule has 0 fully saturated rings. The van der Waals surface area contributed by atoms with Gasteiger partial charge >= 0.3 is 0 Å². The summed E-state index contributed by atoms with van der Waals surface area (Å²) in [6, 6.07) is 0. The molecular formula is C12H20O3. The first kappa shape index (κ1) is 12.4. The molecule has 1 unspecified atom stereocenters. The quantitative estimate of drug-likeness (QED) is 0.604. The van der Waals surface area contributed by atoms with E-state index in [4.69, 9.17) is 14.2 Å². The fraction of sp³-hybridized carbons (Fsp3) is 0.667. The van der Waals surface area contributed by atoms with Gasteiger partial charge in [0.15, 0.2) is 0 Å². The van der Waals surface area contributed by atoms with Gasteiger partial charge in [-0.05, 0) is 12.8 Å². The first-order valence-electron chi connectivity index (χ1n) is 5.32. The fourth-order valence-electron chi connectivity index (χ4n) is 1.50. The molecule has 0 saturated carbocycles. The number of methoxy groups -OCH3 is 2. The van der Waals surface area contributed by atoms with Gasteiger partial charge in [-0.2, -0.15) is 0 Å². The van der Waals surface area contributed by atoms with Crippen molar-refractivity contribution in [3.63, 3.8) is 0 Å². The summed E-state index contributed by atoms with van der Waals surface area (Å²) < 4.78 is 15.6. The van der Waals surface area contributed by atoms with Crippen molar-refractivity contribution in [3.8, 4) is 0 Å². The molecular weight excluding hydrogens is 192 g/mol. The second-order valence-corrected chi connectivity index (χ2v) is 3.54. The van der Waals surface area contributed by atoms with E-state index in [1.54, 1.807) is 14.2 Å². The van der Waals surface area contributed by atoms with Gasteiger partial charge in [-0.1, -0.05) is 23.8 Å². The summed E-state index contributed by atoms with van der Waals surface area (Å²) in [6.07, 6.45) is 8.49. The third-order valence-corrected chi connectivity index (χ3v) is 2.42. The van der Waals surface area contributed by atoms with E-state index in [1.807, 2.05) is 0 Å². The molecule has 0 amide bonds. The van der Waals surface area contributed by atoms with E-state index < -0.39 is 0 Å². The number of hydrogen-bond donors (Lipinski definition) is 0. The Bertz CT molecular complexity index is 221. The Morgan fingerprint density at radius 1 is 1.27 bits per heavy atom. The first-order valence-corrected chi connectivity index (χ1v) is 5.32. The highest BCUT2D eigenvalue weighted by Crippen LogP contribution is 2.17. The standard InChI is InChI=1S/C12H20O3/c1-13-8-9-15-7-6-11-4-3-5-12(10-11)14-2/h3-5,12H,6-10H2,1-2H3. The highest BCUT2D eigenvalue weighted by molar-refractivity contribution is 5.20. The molecule has 0 aromatic carbocycles. The summed E-state index contributed by atoms with van der Waals surface area (Å²) in [5.74, 6) is 0. The number of allylic oxidation sites excluding steroid dienone is 2. The molecule has 0 bridgehead atoms. The first-order chi connectivity index (χ1) is 7.36. The van der Waals surface area contributed by atoms with Gasteiger partial charge in [-0.15, -0.1) is 0 Å². The van der Waals surface area contributed by atoms with Crippen molar-refractivity contribution in [1.29, 1.82) is 0 Å². The van der Waals surface area contributed by atoms with Crippen molar-refractivity contribution in [2.75, 3.05) is 34.0 Å². The van der Waals surface area contributed by atoms with Gasteiger partial charge in [0.2, 0.25) is 0 Å². The molecule has 1 aliphatic rings. The molecule has 15 heavy (non-hydrogen) atoms. The second kappa shape index (κ2) is 7.63. The molecule has 3 heteroatoms. The van der Waals surface area contributed by atoms with Crippen LogP contribution in [0.5, 0.6) is 0 Å². The monoisotopic (exact) mass is 212 g/mol. The van der Waals surface area contributed by atoms with E-state index in [1.165, 1.54) is 5.57 Å². The molecule has 0 N–H and O–H groups in total. The molecule has 1 rings (SSSR count). The molecule has 0 aliphatic heterocycles. The Hall–Kier alpha value is -0.640. The van der Waals surface area contributed by atoms with Crippen LogP contribution in [0.4, 0.5) is 0 Å². The van der Waals surface area contributed by atoms with Gasteiger partial charge in [-0.25, -0.2) is 0 Å². The minimum Gasteiger partial charge on any atom is -0.382 e. The van der Waals surface area contributed by atoms with Crippen molar-refractivity contribution in [3.05, 3.63) is 23.8 Å². The lowest BCUT2D eigenvalue weighted by Crippen LogP contribution is -2.12. The Morgan fingerprint density at radius 2 is 2.13 bits per heavy atom. The lowest BCUT2D eigenvalue weighted by atomic mass is 10.0. The average molecular weight is 212 g/mol. The lowest BCUT2D eigenvalue weighted by molar-refractivity contribution is 0.0709. The SMILES string of the molecule is COCCOCCC1=CC=CC(OC)C1. The summed E-state index contributed by atoms with van der Waals surface area (Å²) >= 11 is 0. The van der Waals surface area contributed by atoms with Crippen molar-refractivity contribution >= 4 is 0 Å². The van der Waals surface area contributed by atoms with Crippen LogP contribution in [0.2, 0.25) is 0 Å². The van der Waals surface area contributed by atoms with Gasteiger partial charge in [0, 0.05) is 14.2 Å². The number of rotatable bonds is 7. The normalized spacial score (nSPS) is 20.4. The molecule has 0 saturated heterocycles. The van der Waals surface area contributed by atoms with E-state index in [0.29, 0.717) is 13.2 Å². The molecule has 0 heterocycles. The van der Waals surface area contributed by atoms with E-state index >= 15 is 0 Å². The number of ether oxygens (including phenoxy) is 3. The van der Waals surface area contributed by atoms with Crippen molar-refractivity contribution in [2.24, 2.45) is 0 Å². The minimum absolute atomic E-state index is 0.240. The highest BCUT2D eigenvalue weighted by Gasteiger charge is 2.09. The minimum atomic E-state index is 0.240. The van der Waals surface area contributed by atoms with Crippen molar-refractivity contribution in [1.82, 2.24) is 0 Å². The van der Waals surface area contributed by atoms with Crippen LogP contribution in [0, 0.1) is 0 Å². The van der Waals surface area contributed by atoms with Crippen molar-refractivity contribution < 1.29 is 14.2 Å². The van der Waals surface area contributed by atoms with E-state index in [0.717, 1.165) is 19.4 Å². The zero-order valence-corrected chi connectivity index (χ0v) is 9.57. The third kappa shape index (κ3) is 5.11. The van der Waals surface area contributed by atoms with Gasteiger partial charge < -0.3 is 14.2 Å². The van der Waals surface area contributed by atoms with Crippen LogP contribution in [-0.4, -0.2) is 40.1 Å². The maximum atomic E-state index is 5.41. The maximum absolute atomic E-state index is 5.41. The molecule has 0 aromatic heterocycles.